The number of hydrogen-bond donors (Lipinski definition) is 1. The number of rotatable bonds is 9. The normalized spacial score (nSPS) is 10.9. The highest BCUT2D eigenvalue weighted by molar-refractivity contribution is 6.00. The number of nitrogens with zero attached hydrogens (tertiary/aromatic N) is 2. The van der Waals surface area contributed by atoms with E-state index in [2.05, 4.69) is 15.0 Å². The highest BCUT2D eigenvalue weighted by atomic mass is 16.6. The summed E-state index contributed by atoms with van der Waals surface area (Å²) in [5.41, 5.74) is 3.24. The van der Waals surface area contributed by atoms with E-state index in [1.807, 2.05) is 54.6 Å². The smallest absolute Gasteiger partial charge is 0.326 e. The third kappa shape index (κ3) is 5.23. The summed E-state index contributed by atoms with van der Waals surface area (Å²) < 4.78 is 15.9. The Morgan fingerprint density at radius 2 is 1.53 bits per heavy atom. The zero-order valence-corrected chi connectivity index (χ0v) is 19.0. The number of fused-ring (bicyclic) bond motifs is 1. The quantitative estimate of drug-likeness (QED) is 0.292. The molecule has 8 heteroatoms. The van der Waals surface area contributed by atoms with Crippen molar-refractivity contribution in [2.45, 2.75) is 26.4 Å². The standard InChI is InChI=1S/C26H25N3O5/c1-3-32-25(30)22(26(31)33-4-2)20-14-15-21-24(27-20)29-23(28-21)18-10-12-19(13-11-18)34-16-17-8-6-5-7-9-17/h5-15,22H,3-4,16H2,1-2H3,(H,27,28,29). The molecule has 2 aromatic heterocycles. The van der Waals surface area contributed by atoms with E-state index in [0.29, 0.717) is 23.6 Å². The van der Waals surface area contributed by atoms with E-state index in [1.165, 1.54) is 0 Å². The Labute approximate surface area is 196 Å². The molecule has 8 nitrogen and oxygen atoms in total. The van der Waals surface area contributed by atoms with Crippen LogP contribution in [-0.4, -0.2) is 40.1 Å². The topological polar surface area (TPSA) is 103 Å². The van der Waals surface area contributed by atoms with Gasteiger partial charge in [0.2, 0.25) is 0 Å². The van der Waals surface area contributed by atoms with Crippen LogP contribution in [0.5, 0.6) is 5.75 Å². The van der Waals surface area contributed by atoms with E-state index in [4.69, 9.17) is 14.2 Å². The molecule has 0 bridgehead atoms. The van der Waals surface area contributed by atoms with Crippen molar-refractivity contribution in [2.24, 2.45) is 0 Å². The first kappa shape index (κ1) is 23.0. The summed E-state index contributed by atoms with van der Waals surface area (Å²) in [5, 5.41) is 0. The van der Waals surface area contributed by atoms with Crippen molar-refractivity contribution in [3.63, 3.8) is 0 Å². The minimum atomic E-state index is -1.25. The third-order valence-electron chi connectivity index (χ3n) is 5.08. The second-order valence-corrected chi connectivity index (χ2v) is 7.43. The lowest BCUT2D eigenvalue weighted by Gasteiger charge is -2.13. The van der Waals surface area contributed by atoms with Gasteiger partial charge < -0.3 is 19.2 Å². The van der Waals surface area contributed by atoms with Crippen LogP contribution >= 0.6 is 0 Å². The van der Waals surface area contributed by atoms with Crippen LogP contribution in [-0.2, 0) is 25.7 Å². The van der Waals surface area contributed by atoms with Crippen molar-refractivity contribution >= 4 is 23.1 Å². The van der Waals surface area contributed by atoms with Gasteiger partial charge in [0.05, 0.1) is 18.9 Å². The SMILES string of the molecule is CCOC(=O)C(C(=O)OCC)c1ccc2nc(-c3ccc(OCc4ccccc4)cc3)[nH]c2n1. The minimum Gasteiger partial charge on any atom is -0.489 e. The number of aromatic amines is 1. The predicted octanol–water partition coefficient (Wildman–Crippen LogP) is 4.41. The fraction of sp³-hybridized carbons (Fsp3) is 0.231. The average molecular weight is 460 g/mol. The van der Waals surface area contributed by atoms with E-state index < -0.39 is 17.9 Å². The van der Waals surface area contributed by atoms with Crippen LogP contribution in [0.25, 0.3) is 22.6 Å². The van der Waals surface area contributed by atoms with Crippen molar-refractivity contribution in [1.82, 2.24) is 15.0 Å². The van der Waals surface area contributed by atoms with E-state index in [1.54, 1.807) is 26.0 Å². The summed E-state index contributed by atoms with van der Waals surface area (Å²) in [6.07, 6.45) is 0. The molecule has 0 aliphatic carbocycles. The van der Waals surface area contributed by atoms with Gasteiger partial charge in [0.25, 0.3) is 0 Å². The van der Waals surface area contributed by atoms with E-state index in [0.717, 1.165) is 16.9 Å². The van der Waals surface area contributed by atoms with Crippen LogP contribution in [0.15, 0.2) is 66.7 Å². The molecular formula is C26H25N3O5. The number of esters is 2. The maximum absolute atomic E-state index is 12.4. The van der Waals surface area contributed by atoms with Gasteiger partial charge >= 0.3 is 11.9 Å². The van der Waals surface area contributed by atoms with Gasteiger partial charge in [0.15, 0.2) is 11.6 Å². The molecule has 34 heavy (non-hydrogen) atoms. The van der Waals surface area contributed by atoms with Crippen LogP contribution in [0.1, 0.15) is 31.0 Å². The maximum atomic E-state index is 12.4. The van der Waals surface area contributed by atoms with Gasteiger partial charge in [0, 0.05) is 5.56 Å². The molecule has 174 valence electrons. The van der Waals surface area contributed by atoms with Crippen LogP contribution in [0.3, 0.4) is 0 Å². The Bertz CT molecular complexity index is 1250. The third-order valence-corrected chi connectivity index (χ3v) is 5.08. The number of benzene rings is 2. The molecule has 0 atom stereocenters. The van der Waals surface area contributed by atoms with Gasteiger partial charge in [-0.1, -0.05) is 30.3 Å². The summed E-state index contributed by atoms with van der Waals surface area (Å²) in [5.74, 6) is -1.29. The molecule has 4 rings (SSSR count). The van der Waals surface area contributed by atoms with Gasteiger partial charge in [-0.05, 0) is 55.8 Å². The monoisotopic (exact) mass is 459 g/mol. The van der Waals surface area contributed by atoms with Gasteiger partial charge in [-0.3, -0.25) is 9.59 Å². The van der Waals surface area contributed by atoms with Crippen LogP contribution in [0.4, 0.5) is 0 Å². The fourth-order valence-corrected chi connectivity index (χ4v) is 3.45. The molecule has 0 fully saturated rings. The molecule has 2 aromatic carbocycles. The molecule has 0 amide bonds. The molecule has 0 saturated carbocycles. The van der Waals surface area contributed by atoms with Gasteiger partial charge in [0.1, 0.15) is 23.7 Å². The van der Waals surface area contributed by atoms with Crippen LogP contribution in [0.2, 0.25) is 0 Å². The number of aromatic nitrogens is 3. The summed E-state index contributed by atoms with van der Waals surface area (Å²) >= 11 is 0. The first-order chi connectivity index (χ1) is 16.6. The van der Waals surface area contributed by atoms with Crippen LogP contribution < -0.4 is 4.74 Å². The molecule has 0 aliphatic rings. The number of pyridine rings is 1. The molecule has 2 heterocycles. The number of imidazole rings is 1. The summed E-state index contributed by atoms with van der Waals surface area (Å²) in [4.78, 5) is 37.0. The van der Waals surface area contributed by atoms with E-state index >= 15 is 0 Å². The lowest BCUT2D eigenvalue weighted by Crippen LogP contribution is -2.27. The van der Waals surface area contributed by atoms with Crippen molar-refractivity contribution in [1.29, 1.82) is 0 Å². The van der Waals surface area contributed by atoms with Crippen molar-refractivity contribution in [2.75, 3.05) is 13.2 Å². The Kier molecular flexibility index (Phi) is 7.17. The fourth-order valence-electron chi connectivity index (χ4n) is 3.45. The summed E-state index contributed by atoms with van der Waals surface area (Å²) in [7, 11) is 0. The molecule has 0 unspecified atom stereocenters. The number of carbonyl (C=O) groups excluding carboxylic acids is 2. The molecule has 0 spiro atoms. The zero-order valence-electron chi connectivity index (χ0n) is 19.0. The lowest BCUT2D eigenvalue weighted by molar-refractivity contribution is -0.157. The summed E-state index contributed by atoms with van der Waals surface area (Å²) in [6, 6.07) is 20.8. The number of hydrogen-bond acceptors (Lipinski definition) is 7. The van der Waals surface area contributed by atoms with Crippen molar-refractivity contribution in [3.05, 3.63) is 78.0 Å². The molecule has 0 aliphatic heterocycles. The maximum Gasteiger partial charge on any atom is 0.326 e. The number of ether oxygens (including phenoxy) is 3. The molecule has 0 radical (unpaired) electrons. The summed E-state index contributed by atoms with van der Waals surface area (Å²) in [6.45, 7) is 4.14. The predicted molar refractivity (Wildman–Crippen MR) is 126 cm³/mol. The Hall–Kier alpha value is -4.20. The van der Waals surface area contributed by atoms with Gasteiger partial charge in [-0.2, -0.15) is 0 Å². The van der Waals surface area contributed by atoms with Crippen molar-refractivity contribution < 1.29 is 23.8 Å². The van der Waals surface area contributed by atoms with E-state index in [-0.39, 0.29) is 18.9 Å². The number of nitrogens with one attached hydrogen (secondary N) is 1. The number of H-pyrrole nitrogens is 1. The van der Waals surface area contributed by atoms with Crippen molar-refractivity contribution in [3.8, 4) is 17.1 Å². The average Bonchev–Trinajstić information content (AvgIpc) is 3.28. The molecule has 0 saturated heterocycles. The Morgan fingerprint density at radius 3 is 2.18 bits per heavy atom. The highest BCUT2D eigenvalue weighted by Crippen LogP contribution is 2.25. The molecular weight excluding hydrogens is 434 g/mol. The van der Waals surface area contributed by atoms with E-state index in [9.17, 15) is 9.59 Å². The minimum absolute atomic E-state index is 0.149. The second-order valence-electron chi connectivity index (χ2n) is 7.43. The zero-order chi connectivity index (χ0) is 23.9. The van der Waals surface area contributed by atoms with Crippen LogP contribution in [0, 0.1) is 0 Å². The van der Waals surface area contributed by atoms with Gasteiger partial charge in [-0.15, -0.1) is 0 Å². The largest absolute Gasteiger partial charge is 0.489 e. The first-order valence-electron chi connectivity index (χ1n) is 11.1. The lowest BCUT2D eigenvalue weighted by atomic mass is 10.1. The molecule has 1 N–H and O–H groups in total. The highest BCUT2D eigenvalue weighted by Gasteiger charge is 2.33. The van der Waals surface area contributed by atoms with Gasteiger partial charge in [-0.25, -0.2) is 9.97 Å². The molecule has 4 aromatic rings. The second kappa shape index (κ2) is 10.6. The Morgan fingerprint density at radius 1 is 0.853 bits per heavy atom. The number of carbonyl (C=O) groups is 2. The Balaban J connectivity index is 1.54. The first-order valence-corrected chi connectivity index (χ1v) is 11.1.